The molecule has 0 bridgehead atoms. The Morgan fingerprint density at radius 1 is 0.933 bits per heavy atom. The van der Waals surface area contributed by atoms with E-state index in [9.17, 15) is 16.8 Å². The van der Waals surface area contributed by atoms with E-state index in [0.29, 0.717) is 30.5 Å². The minimum atomic E-state index is -3.80. The van der Waals surface area contributed by atoms with Crippen molar-refractivity contribution < 1.29 is 26.3 Å². The van der Waals surface area contributed by atoms with Gasteiger partial charge in [0.2, 0.25) is 26.8 Å². The van der Waals surface area contributed by atoms with Crippen LogP contribution in [0, 0.1) is 5.92 Å². The van der Waals surface area contributed by atoms with Crippen LogP contribution in [-0.2, 0) is 26.6 Å². The van der Waals surface area contributed by atoms with E-state index in [1.165, 1.54) is 28.6 Å². The van der Waals surface area contributed by atoms with Crippen molar-refractivity contribution in [2.24, 2.45) is 5.92 Å². The largest absolute Gasteiger partial charge is 0.454 e. The third-order valence-corrected chi connectivity index (χ3v) is 8.75. The zero-order valence-corrected chi connectivity index (χ0v) is 18.2. The summed E-state index contributed by atoms with van der Waals surface area (Å²) in [6.45, 7) is 3.31. The van der Waals surface area contributed by atoms with Crippen LogP contribution < -0.4 is 14.2 Å². The summed E-state index contributed by atoms with van der Waals surface area (Å²) in [5.74, 6) is 1.72. The van der Waals surface area contributed by atoms with Gasteiger partial charge in [-0.1, -0.05) is 13.0 Å². The lowest BCUT2D eigenvalue weighted by Gasteiger charge is -2.29. The molecule has 1 N–H and O–H groups in total. The summed E-state index contributed by atoms with van der Waals surface area (Å²) in [6.07, 6.45) is 1.66. The summed E-state index contributed by atoms with van der Waals surface area (Å²) < 4.78 is 65.3. The molecule has 2 aliphatic heterocycles. The van der Waals surface area contributed by atoms with E-state index in [1.54, 1.807) is 18.2 Å². The Bertz CT molecular complexity index is 1120. The average molecular weight is 453 g/mol. The topological polar surface area (TPSA) is 102 Å². The molecule has 10 heteroatoms. The average Bonchev–Trinajstić information content (AvgIpc) is 3.21. The van der Waals surface area contributed by atoms with Gasteiger partial charge in [0, 0.05) is 19.6 Å². The third-order valence-electron chi connectivity index (χ3n) is 5.42. The molecule has 0 amide bonds. The van der Waals surface area contributed by atoms with Gasteiger partial charge in [-0.15, -0.1) is 0 Å². The van der Waals surface area contributed by atoms with Crippen molar-refractivity contribution in [1.29, 1.82) is 0 Å². The highest BCUT2D eigenvalue weighted by atomic mass is 32.2. The maximum atomic E-state index is 12.8. The highest BCUT2D eigenvalue weighted by Crippen LogP contribution is 2.32. The van der Waals surface area contributed by atoms with Gasteiger partial charge in [0.25, 0.3) is 0 Å². The van der Waals surface area contributed by atoms with Crippen molar-refractivity contribution in [3.63, 3.8) is 0 Å². The molecule has 0 spiro atoms. The highest BCUT2D eigenvalue weighted by Gasteiger charge is 2.28. The normalized spacial score (nSPS) is 17.9. The number of ether oxygens (including phenoxy) is 2. The van der Waals surface area contributed by atoms with Gasteiger partial charge in [0.1, 0.15) is 0 Å². The lowest BCUT2D eigenvalue weighted by atomic mass is 10.0. The van der Waals surface area contributed by atoms with Gasteiger partial charge in [-0.2, -0.15) is 4.31 Å². The van der Waals surface area contributed by atoms with Gasteiger partial charge in [-0.3, -0.25) is 0 Å². The SMILES string of the molecule is CC1CCN(S(=O)(=O)c2ccc(S(=O)(=O)NCc3ccc4c(c3)OCO4)cc2)CC1. The lowest BCUT2D eigenvalue weighted by Crippen LogP contribution is -2.37. The van der Waals surface area contributed by atoms with Crippen LogP contribution in [0.4, 0.5) is 0 Å². The Balaban J connectivity index is 1.45. The van der Waals surface area contributed by atoms with E-state index < -0.39 is 20.0 Å². The molecule has 0 aromatic heterocycles. The summed E-state index contributed by atoms with van der Waals surface area (Å²) >= 11 is 0. The third kappa shape index (κ3) is 4.31. The molecule has 1 fully saturated rings. The van der Waals surface area contributed by atoms with Crippen molar-refractivity contribution in [3.05, 3.63) is 48.0 Å². The van der Waals surface area contributed by atoms with E-state index in [1.807, 2.05) is 0 Å². The summed E-state index contributed by atoms with van der Waals surface area (Å²) in [5.41, 5.74) is 0.723. The molecular weight excluding hydrogens is 428 g/mol. The van der Waals surface area contributed by atoms with E-state index >= 15 is 0 Å². The van der Waals surface area contributed by atoms with Crippen LogP contribution in [0.15, 0.2) is 52.3 Å². The van der Waals surface area contributed by atoms with Crippen molar-refractivity contribution in [3.8, 4) is 11.5 Å². The number of sulfonamides is 2. The van der Waals surface area contributed by atoms with E-state index in [-0.39, 0.29) is 23.1 Å². The fraction of sp³-hybridized carbons (Fsp3) is 0.400. The second-order valence-electron chi connectivity index (χ2n) is 7.57. The van der Waals surface area contributed by atoms with Crippen molar-refractivity contribution in [2.75, 3.05) is 19.9 Å². The molecule has 2 aliphatic rings. The van der Waals surface area contributed by atoms with Gasteiger partial charge < -0.3 is 9.47 Å². The first-order valence-electron chi connectivity index (χ1n) is 9.74. The first kappa shape index (κ1) is 21.1. The minimum absolute atomic E-state index is 0.00876. The zero-order chi connectivity index (χ0) is 21.4. The molecule has 1 saturated heterocycles. The first-order valence-corrected chi connectivity index (χ1v) is 12.7. The number of piperidine rings is 1. The van der Waals surface area contributed by atoms with Crippen LogP contribution >= 0.6 is 0 Å². The van der Waals surface area contributed by atoms with Crippen LogP contribution in [0.3, 0.4) is 0 Å². The fourth-order valence-corrected chi connectivity index (χ4v) is 5.97. The van der Waals surface area contributed by atoms with Gasteiger partial charge in [-0.05, 0) is 60.7 Å². The van der Waals surface area contributed by atoms with Crippen LogP contribution in [-0.4, -0.2) is 41.0 Å². The summed E-state index contributed by atoms with van der Waals surface area (Å²) in [7, 11) is -7.41. The second-order valence-corrected chi connectivity index (χ2v) is 11.3. The van der Waals surface area contributed by atoms with Crippen molar-refractivity contribution >= 4 is 20.0 Å². The molecule has 2 aromatic rings. The monoisotopic (exact) mass is 452 g/mol. The molecule has 0 radical (unpaired) electrons. The number of hydrogen-bond acceptors (Lipinski definition) is 6. The summed E-state index contributed by atoms with van der Waals surface area (Å²) in [6, 6.07) is 10.5. The molecule has 4 rings (SSSR count). The maximum absolute atomic E-state index is 12.8. The van der Waals surface area contributed by atoms with Crippen molar-refractivity contribution in [1.82, 2.24) is 9.03 Å². The smallest absolute Gasteiger partial charge is 0.243 e. The lowest BCUT2D eigenvalue weighted by molar-refractivity contribution is 0.174. The molecule has 8 nitrogen and oxygen atoms in total. The molecule has 0 unspecified atom stereocenters. The predicted molar refractivity (Wildman–Crippen MR) is 110 cm³/mol. The summed E-state index contributed by atoms with van der Waals surface area (Å²) in [4.78, 5) is 0.112. The molecular formula is C20H24N2O6S2. The quantitative estimate of drug-likeness (QED) is 0.722. The zero-order valence-electron chi connectivity index (χ0n) is 16.6. The number of hydrogen-bond donors (Lipinski definition) is 1. The molecule has 162 valence electrons. The van der Waals surface area contributed by atoms with Gasteiger partial charge >= 0.3 is 0 Å². The maximum Gasteiger partial charge on any atom is 0.243 e. The molecule has 0 atom stereocenters. The fourth-order valence-electron chi connectivity index (χ4n) is 3.48. The van der Waals surface area contributed by atoms with E-state index in [4.69, 9.17) is 9.47 Å². The first-order chi connectivity index (χ1) is 14.3. The molecule has 0 aliphatic carbocycles. The standard InChI is InChI=1S/C20H24N2O6S2/c1-15-8-10-22(11-9-15)30(25,26)18-5-3-17(4-6-18)29(23,24)21-13-16-2-7-19-20(12-16)28-14-27-19/h2-7,12,15,21H,8-11,13-14H2,1H3. The van der Waals surface area contributed by atoms with Gasteiger partial charge in [0.15, 0.2) is 11.5 Å². The molecule has 2 heterocycles. The van der Waals surface area contributed by atoms with Gasteiger partial charge in [0.05, 0.1) is 9.79 Å². The number of benzene rings is 2. The number of nitrogens with zero attached hydrogens (tertiary/aromatic N) is 1. The predicted octanol–water partition coefficient (Wildman–Crippen LogP) is 2.31. The second kappa shape index (κ2) is 8.18. The van der Waals surface area contributed by atoms with Gasteiger partial charge in [-0.25, -0.2) is 21.6 Å². The summed E-state index contributed by atoms with van der Waals surface area (Å²) in [5, 5.41) is 0. The highest BCUT2D eigenvalue weighted by molar-refractivity contribution is 7.89. The Kier molecular flexibility index (Phi) is 5.75. The molecule has 2 aromatic carbocycles. The Hall–Kier alpha value is -2.14. The van der Waals surface area contributed by atoms with Crippen LogP contribution in [0.5, 0.6) is 11.5 Å². The van der Waals surface area contributed by atoms with E-state index in [2.05, 4.69) is 11.6 Å². The van der Waals surface area contributed by atoms with Crippen LogP contribution in [0.1, 0.15) is 25.3 Å². The van der Waals surface area contributed by atoms with Crippen molar-refractivity contribution in [2.45, 2.75) is 36.1 Å². The molecule has 0 saturated carbocycles. The molecule has 30 heavy (non-hydrogen) atoms. The Labute approximate surface area is 176 Å². The number of nitrogens with one attached hydrogen (secondary N) is 1. The van der Waals surface area contributed by atoms with Crippen LogP contribution in [0.25, 0.3) is 0 Å². The number of fused-ring (bicyclic) bond motifs is 1. The Morgan fingerprint density at radius 3 is 2.27 bits per heavy atom. The minimum Gasteiger partial charge on any atom is -0.454 e. The number of rotatable bonds is 6. The van der Waals surface area contributed by atoms with E-state index in [0.717, 1.165) is 18.4 Å². The Morgan fingerprint density at radius 2 is 1.57 bits per heavy atom. The van der Waals surface area contributed by atoms with Crippen LogP contribution in [0.2, 0.25) is 0 Å².